The third-order valence-corrected chi connectivity index (χ3v) is 7.50. The lowest BCUT2D eigenvalue weighted by Crippen LogP contribution is -2.54. The number of benzene rings is 2. The summed E-state index contributed by atoms with van der Waals surface area (Å²) in [5, 5.41) is 2.12. The van der Waals surface area contributed by atoms with E-state index in [-0.39, 0.29) is 17.8 Å². The van der Waals surface area contributed by atoms with E-state index in [1.165, 1.54) is 10.5 Å². The maximum atomic E-state index is 13.3. The van der Waals surface area contributed by atoms with Crippen LogP contribution in [0, 0.1) is 18.3 Å². The predicted octanol–water partition coefficient (Wildman–Crippen LogP) is 3.51. The van der Waals surface area contributed by atoms with Crippen molar-refractivity contribution in [1.82, 2.24) is 9.80 Å². The summed E-state index contributed by atoms with van der Waals surface area (Å²) in [4.78, 5) is 23.1. The molecule has 1 aromatic heterocycles. The van der Waals surface area contributed by atoms with Crippen LogP contribution in [0.1, 0.15) is 16.0 Å². The highest BCUT2D eigenvalue weighted by Gasteiger charge is 2.55. The van der Waals surface area contributed by atoms with Crippen LogP contribution in [0.4, 0.5) is 0 Å². The molecule has 5 rings (SSSR count). The molecule has 0 aliphatic carbocycles. The SMILES string of the molecule is C#Cc1cccc(-c2csc(C34CN(Cc5ccccc5)CC3C(=O)N(C)C(N)=N4)c2)c1. The first-order chi connectivity index (χ1) is 15.5. The van der Waals surface area contributed by atoms with E-state index in [1.807, 2.05) is 36.4 Å². The van der Waals surface area contributed by atoms with Crippen molar-refractivity contribution in [3.05, 3.63) is 82.0 Å². The molecule has 0 spiro atoms. The number of carbonyl (C=O) groups excluding carboxylic acids is 1. The highest BCUT2D eigenvalue weighted by molar-refractivity contribution is 7.10. The summed E-state index contributed by atoms with van der Waals surface area (Å²) in [7, 11) is 1.70. The van der Waals surface area contributed by atoms with Crippen LogP contribution in [-0.2, 0) is 16.9 Å². The first-order valence-corrected chi connectivity index (χ1v) is 11.4. The van der Waals surface area contributed by atoms with Crippen LogP contribution in [0.15, 0.2) is 71.0 Å². The smallest absolute Gasteiger partial charge is 0.236 e. The number of guanidine groups is 1. The van der Waals surface area contributed by atoms with Crippen molar-refractivity contribution in [3.8, 4) is 23.5 Å². The predicted molar refractivity (Wildman–Crippen MR) is 129 cm³/mol. The van der Waals surface area contributed by atoms with Crippen LogP contribution >= 0.6 is 11.3 Å². The molecule has 3 heterocycles. The van der Waals surface area contributed by atoms with Crippen LogP contribution in [0.5, 0.6) is 0 Å². The monoisotopic (exact) mass is 440 g/mol. The number of rotatable bonds is 4. The summed E-state index contributed by atoms with van der Waals surface area (Å²) in [6.45, 7) is 2.07. The lowest BCUT2D eigenvalue weighted by atomic mass is 9.83. The van der Waals surface area contributed by atoms with E-state index in [0.29, 0.717) is 13.1 Å². The Morgan fingerprint density at radius 1 is 1.19 bits per heavy atom. The molecule has 0 saturated carbocycles. The van der Waals surface area contributed by atoms with Crippen LogP contribution in [-0.4, -0.2) is 41.8 Å². The fourth-order valence-electron chi connectivity index (χ4n) is 4.72. The number of aliphatic imine (C=N–C) groups is 1. The van der Waals surface area contributed by atoms with Gasteiger partial charge in [-0.3, -0.25) is 14.6 Å². The van der Waals surface area contributed by atoms with Crippen molar-refractivity contribution in [2.45, 2.75) is 12.1 Å². The molecule has 2 N–H and O–H groups in total. The van der Waals surface area contributed by atoms with Crippen LogP contribution in [0.2, 0.25) is 0 Å². The molecule has 0 radical (unpaired) electrons. The summed E-state index contributed by atoms with van der Waals surface area (Å²) in [5.74, 6) is 2.73. The van der Waals surface area contributed by atoms with Gasteiger partial charge < -0.3 is 5.73 Å². The topological polar surface area (TPSA) is 61.9 Å². The van der Waals surface area contributed by atoms with Gasteiger partial charge in [-0.25, -0.2) is 4.99 Å². The van der Waals surface area contributed by atoms with Crippen LogP contribution < -0.4 is 5.73 Å². The Morgan fingerprint density at radius 3 is 2.78 bits per heavy atom. The highest BCUT2D eigenvalue weighted by Crippen LogP contribution is 2.47. The van der Waals surface area contributed by atoms with Gasteiger partial charge in [0, 0.05) is 37.1 Å². The van der Waals surface area contributed by atoms with E-state index in [1.54, 1.807) is 18.4 Å². The van der Waals surface area contributed by atoms with E-state index in [2.05, 4.69) is 40.5 Å². The van der Waals surface area contributed by atoms with Gasteiger partial charge in [-0.2, -0.15) is 0 Å². The van der Waals surface area contributed by atoms with Crippen molar-refractivity contribution in [1.29, 1.82) is 0 Å². The molecule has 1 amide bonds. The number of likely N-dealkylation sites (tertiary alicyclic amines) is 1. The fraction of sp³-hybridized carbons (Fsp3) is 0.231. The molecule has 3 aromatic rings. The quantitative estimate of drug-likeness (QED) is 0.632. The van der Waals surface area contributed by atoms with Crippen molar-refractivity contribution in [2.24, 2.45) is 16.6 Å². The Balaban J connectivity index is 1.54. The maximum Gasteiger partial charge on any atom is 0.236 e. The minimum Gasteiger partial charge on any atom is -0.369 e. The first-order valence-electron chi connectivity index (χ1n) is 10.6. The minimum absolute atomic E-state index is 0.0253. The molecule has 32 heavy (non-hydrogen) atoms. The average Bonchev–Trinajstić information content (AvgIpc) is 3.45. The number of hydrogen-bond donors (Lipinski definition) is 1. The van der Waals surface area contributed by atoms with Gasteiger partial charge in [0.2, 0.25) is 5.91 Å². The number of fused-ring (bicyclic) bond motifs is 1. The molecule has 160 valence electrons. The zero-order valence-electron chi connectivity index (χ0n) is 17.9. The van der Waals surface area contributed by atoms with E-state index in [4.69, 9.17) is 17.1 Å². The zero-order valence-corrected chi connectivity index (χ0v) is 18.7. The summed E-state index contributed by atoms with van der Waals surface area (Å²) in [6, 6.07) is 20.4. The molecule has 5 nitrogen and oxygen atoms in total. The Bertz CT molecular complexity index is 1240. The lowest BCUT2D eigenvalue weighted by molar-refractivity contribution is -0.132. The first kappa shape index (κ1) is 20.5. The largest absolute Gasteiger partial charge is 0.369 e. The number of hydrogen-bond acceptors (Lipinski definition) is 5. The van der Waals surface area contributed by atoms with Gasteiger partial charge in [-0.05, 0) is 40.3 Å². The highest BCUT2D eigenvalue weighted by atomic mass is 32.1. The number of amides is 1. The second kappa shape index (κ2) is 7.94. The minimum atomic E-state index is -0.672. The van der Waals surface area contributed by atoms with Gasteiger partial charge in [0.05, 0.1) is 5.92 Å². The van der Waals surface area contributed by atoms with Crippen LogP contribution in [0.25, 0.3) is 11.1 Å². The molecule has 1 saturated heterocycles. The number of terminal acetylenes is 1. The molecule has 0 bridgehead atoms. The normalized spacial score (nSPS) is 23.0. The van der Waals surface area contributed by atoms with E-state index in [0.717, 1.165) is 28.1 Å². The van der Waals surface area contributed by atoms with E-state index in [9.17, 15) is 4.79 Å². The van der Waals surface area contributed by atoms with Gasteiger partial charge in [0.1, 0.15) is 5.54 Å². The van der Waals surface area contributed by atoms with Gasteiger partial charge >= 0.3 is 0 Å². The zero-order chi connectivity index (χ0) is 22.3. The molecule has 1 fully saturated rings. The molecular weight excluding hydrogens is 416 g/mol. The molecule has 2 aliphatic heterocycles. The summed E-state index contributed by atoms with van der Waals surface area (Å²) in [6.07, 6.45) is 5.58. The number of carbonyl (C=O) groups is 1. The van der Waals surface area contributed by atoms with Gasteiger partial charge in [-0.1, -0.05) is 48.4 Å². The molecule has 6 heteroatoms. The summed E-state index contributed by atoms with van der Waals surface area (Å²) >= 11 is 1.63. The van der Waals surface area contributed by atoms with Crippen molar-refractivity contribution < 1.29 is 4.79 Å². The summed E-state index contributed by atoms with van der Waals surface area (Å²) in [5.41, 5.74) is 9.76. The molecule has 2 atom stereocenters. The Hall–Kier alpha value is -3.40. The third-order valence-electron chi connectivity index (χ3n) is 6.41. The Labute approximate surface area is 192 Å². The van der Waals surface area contributed by atoms with Gasteiger partial charge in [0.15, 0.2) is 5.96 Å². The third kappa shape index (κ3) is 3.40. The molecule has 2 aliphatic rings. The fourth-order valence-corrected chi connectivity index (χ4v) is 5.83. The number of thiophene rings is 1. The van der Waals surface area contributed by atoms with E-state index >= 15 is 0 Å². The Kier molecular flexibility index (Phi) is 5.09. The molecule has 2 aromatic carbocycles. The second-order valence-corrected chi connectivity index (χ2v) is 9.34. The summed E-state index contributed by atoms with van der Waals surface area (Å²) < 4.78 is 0. The molecular formula is C26H24N4OS. The number of nitrogens with two attached hydrogens (primary N) is 1. The number of nitrogens with zero attached hydrogens (tertiary/aromatic N) is 3. The second-order valence-electron chi connectivity index (χ2n) is 8.42. The average molecular weight is 441 g/mol. The maximum absolute atomic E-state index is 13.3. The van der Waals surface area contributed by atoms with Gasteiger partial charge in [0.25, 0.3) is 0 Å². The lowest BCUT2D eigenvalue weighted by Gasteiger charge is -2.37. The van der Waals surface area contributed by atoms with E-state index < -0.39 is 5.54 Å². The van der Waals surface area contributed by atoms with Crippen molar-refractivity contribution in [3.63, 3.8) is 0 Å². The van der Waals surface area contributed by atoms with Crippen molar-refractivity contribution >= 4 is 23.2 Å². The standard InChI is InChI=1S/C26H24N4OS/c1-3-18-10-7-11-20(12-18)21-13-23(32-16-21)26-17-30(14-19-8-5-4-6-9-19)15-22(26)24(31)29(2)25(27)28-26/h1,4-13,16,22H,14-15,17H2,2H3,(H2,27,28). The Morgan fingerprint density at radius 2 is 2.00 bits per heavy atom. The molecule has 2 unspecified atom stereocenters. The van der Waals surface area contributed by atoms with Gasteiger partial charge in [-0.15, -0.1) is 17.8 Å². The van der Waals surface area contributed by atoms with Crippen LogP contribution in [0.3, 0.4) is 0 Å². The van der Waals surface area contributed by atoms with Crippen molar-refractivity contribution in [2.75, 3.05) is 20.1 Å².